The summed E-state index contributed by atoms with van der Waals surface area (Å²) in [4.78, 5) is 59.9. The molecule has 3 aromatic carbocycles. The number of nitrogens with zero attached hydrogens (tertiary/aromatic N) is 4. The highest BCUT2D eigenvalue weighted by atomic mass is 17.1. The van der Waals surface area contributed by atoms with Crippen LogP contribution < -0.4 is 26.2 Å². The number of hydrogen-bond acceptors (Lipinski definition) is 10. The number of carboxylic acid groups (broad SMARTS) is 2. The first-order valence-corrected chi connectivity index (χ1v) is 14.5. The fourth-order valence-corrected chi connectivity index (χ4v) is 5.24. The van der Waals surface area contributed by atoms with Gasteiger partial charge >= 0.3 is 11.9 Å². The number of fused-ring (bicyclic) bond motifs is 1. The van der Waals surface area contributed by atoms with Crippen molar-refractivity contribution in [3.05, 3.63) is 128 Å². The highest BCUT2D eigenvalue weighted by Gasteiger charge is 2.31. The lowest BCUT2D eigenvalue weighted by atomic mass is 10.1. The van der Waals surface area contributed by atoms with Crippen LogP contribution in [0.4, 0.5) is 11.4 Å². The van der Waals surface area contributed by atoms with Gasteiger partial charge in [0.25, 0.3) is 11.5 Å². The van der Waals surface area contributed by atoms with Crippen molar-refractivity contribution in [3.8, 4) is 5.69 Å². The van der Waals surface area contributed by atoms with Gasteiger partial charge in [0.1, 0.15) is 26.3 Å². The van der Waals surface area contributed by atoms with Crippen molar-refractivity contribution < 1.29 is 44.9 Å². The standard InChI is InChI=1S/C34H30N4O10/c1-21-28(4-2-3-22-5-11-25(12-6-22)36(17-29(39)40)18-30(41)42)33(43)37(26-13-7-23(8-14-26)19-47-45)32-31(21)34(44)38(35-32)27-15-9-24(10-16-27)20-48-46/h2-16,45-46H,17-20H2,1H3,(H,39,40)(H,41,42)/b3-2+,28-4+. The summed E-state index contributed by atoms with van der Waals surface area (Å²) in [5.41, 5.74) is 3.61. The Kier molecular flexibility index (Phi) is 10.2. The van der Waals surface area contributed by atoms with E-state index in [2.05, 4.69) is 14.9 Å². The number of aromatic nitrogens is 1. The van der Waals surface area contributed by atoms with Gasteiger partial charge in [-0.1, -0.05) is 48.6 Å². The van der Waals surface area contributed by atoms with E-state index in [9.17, 15) is 19.2 Å². The molecule has 5 rings (SSSR count). The van der Waals surface area contributed by atoms with Gasteiger partial charge in [-0.3, -0.25) is 34.3 Å². The molecule has 0 saturated heterocycles. The Morgan fingerprint density at radius 2 is 1.35 bits per heavy atom. The van der Waals surface area contributed by atoms with Crippen molar-refractivity contribution in [1.29, 1.82) is 0 Å². The molecule has 1 amide bonds. The zero-order valence-corrected chi connectivity index (χ0v) is 25.5. The van der Waals surface area contributed by atoms with Crippen molar-refractivity contribution >= 4 is 41.4 Å². The number of carboxylic acids is 2. The van der Waals surface area contributed by atoms with Crippen LogP contribution >= 0.6 is 0 Å². The molecular formula is C34H30N4O10. The molecule has 0 radical (unpaired) electrons. The molecule has 0 fully saturated rings. The van der Waals surface area contributed by atoms with Crippen molar-refractivity contribution in [3.63, 3.8) is 0 Å². The first-order chi connectivity index (χ1) is 23.1. The highest BCUT2D eigenvalue weighted by molar-refractivity contribution is 6.08. The summed E-state index contributed by atoms with van der Waals surface area (Å²) in [6, 6.07) is 19.8. The molecule has 4 aromatic rings. The largest absolute Gasteiger partial charge is 0.480 e. The number of amides is 1. The topological polar surface area (TPSA) is 191 Å². The molecule has 48 heavy (non-hydrogen) atoms. The lowest BCUT2D eigenvalue weighted by molar-refractivity contribution is -0.253. The maximum atomic E-state index is 14.1. The van der Waals surface area contributed by atoms with Gasteiger partial charge < -0.3 is 15.1 Å². The summed E-state index contributed by atoms with van der Waals surface area (Å²) in [7, 11) is 0. The third kappa shape index (κ3) is 7.22. The Labute approximate surface area is 272 Å². The molecule has 4 N–H and O–H groups in total. The van der Waals surface area contributed by atoms with E-state index in [1.54, 1.807) is 97.9 Å². The zero-order valence-electron chi connectivity index (χ0n) is 25.5. The van der Waals surface area contributed by atoms with Crippen LogP contribution in [0.5, 0.6) is 0 Å². The van der Waals surface area contributed by atoms with Crippen LogP contribution in [0.1, 0.15) is 32.6 Å². The minimum absolute atomic E-state index is 0.0354. The third-order valence-electron chi connectivity index (χ3n) is 7.55. The van der Waals surface area contributed by atoms with E-state index in [4.69, 9.17) is 20.7 Å². The Morgan fingerprint density at radius 3 is 1.88 bits per heavy atom. The summed E-state index contributed by atoms with van der Waals surface area (Å²) >= 11 is 0. The summed E-state index contributed by atoms with van der Waals surface area (Å²) in [6.45, 7) is 0.606. The molecule has 0 atom stereocenters. The van der Waals surface area contributed by atoms with Crippen LogP contribution in [0.3, 0.4) is 0 Å². The molecule has 14 heteroatoms. The predicted octanol–water partition coefficient (Wildman–Crippen LogP) is 2.79. The Morgan fingerprint density at radius 1 is 0.812 bits per heavy atom. The fraction of sp³-hybridized carbons (Fsp3) is 0.147. The number of hydrogen-bond donors (Lipinski definition) is 4. The van der Waals surface area contributed by atoms with Gasteiger partial charge in [0.05, 0.1) is 16.9 Å². The van der Waals surface area contributed by atoms with E-state index < -0.39 is 36.5 Å². The molecule has 0 bridgehead atoms. The number of aliphatic carboxylic acids is 2. The Bertz CT molecular complexity index is 2040. The van der Waals surface area contributed by atoms with Gasteiger partial charge in [0.2, 0.25) is 0 Å². The van der Waals surface area contributed by atoms with Crippen LogP contribution in [-0.2, 0) is 32.6 Å². The number of anilines is 2. The summed E-state index contributed by atoms with van der Waals surface area (Å²) < 4.78 is 1.34. The normalized spacial score (nSPS) is 12.8. The molecular weight excluding hydrogens is 624 g/mol. The van der Waals surface area contributed by atoms with E-state index >= 15 is 0 Å². The molecule has 1 aliphatic heterocycles. The number of allylic oxidation sites excluding steroid dienone is 1. The van der Waals surface area contributed by atoms with Crippen molar-refractivity contribution in [2.24, 2.45) is 5.10 Å². The van der Waals surface area contributed by atoms with Gasteiger partial charge in [0.15, 0.2) is 5.49 Å². The van der Waals surface area contributed by atoms with Crippen LogP contribution in [-0.4, -0.2) is 56.2 Å². The van der Waals surface area contributed by atoms with Gasteiger partial charge in [-0.05, 0) is 71.7 Å². The maximum Gasteiger partial charge on any atom is 0.323 e. The van der Waals surface area contributed by atoms with Crippen molar-refractivity contribution in [2.45, 2.75) is 20.1 Å². The number of benzene rings is 3. The second kappa shape index (κ2) is 14.7. The summed E-state index contributed by atoms with van der Waals surface area (Å²) in [5.74, 6) is -2.78. The maximum absolute atomic E-state index is 14.1. The van der Waals surface area contributed by atoms with E-state index in [-0.39, 0.29) is 29.5 Å². The van der Waals surface area contributed by atoms with Gasteiger partial charge in [-0.25, -0.2) is 9.78 Å². The van der Waals surface area contributed by atoms with Gasteiger partial charge in [-0.2, -0.15) is 5.01 Å². The lowest BCUT2D eigenvalue weighted by Gasteiger charge is -2.20. The number of carbonyl (C=O) groups is 3. The SMILES string of the molecule is Cc1c2c(n(-c3ccc(COO)cc3)c(=O)/c1=C/C=C/c1ccc(N(CC(=O)O)CC(=O)O)cc1)=NN(c1ccc(COO)cc1)C2=O. The fourth-order valence-electron chi connectivity index (χ4n) is 5.24. The summed E-state index contributed by atoms with van der Waals surface area (Å²) in [5, 5.41) is 41.9. The zero-order chi connectivity index (χ0) is 34.4. The van der Waals surface area contributed by atoms with Crippen LogP contribution in [0, 0.1) is 6.92 Å². The minimum atomic E-state index is -1.17. The first-order valence-electron chi connectivity index (χ1n) is 14.5. The average Bonchev–Trinajstić information content (AvgIpc) is 3.40. The Hall–Kier alpha value is -5.93. The molecule has 0 saturated carbocycles. The van der Waals surface area contributed by atoms with E-state index in [0.29, 0.717) is 39.3 Å². The molecule has 1 aromatic heterocycles. The molecule has 246 valence electrons. The van der Waals surface area contributed by atoms with E-state index in [1.807, 2.05) is 0 Å². The van der Waals surface area contributed by atoms with Gasteiger partial charge in [0, 0.05) is 10.9 Å². The van der Waals surface area contributed by atoms with E-state index in [1.165, 1.54) is 14.5 Å². The quantitative estimate of drug-likeness (QED) is 0.122. The smallest absolute Gasteiger partial charge is 0.323 e. The highest BCUT2D eigenvalue weighted by Crippen LogP contribution is 2.22. The molecule has 14 nitrogen and oxygen atoms in total. The van der Waals surface area contributed by atoms with Crippen LogP contribution in [0.2, 0.25) is 0 Å². The second-order valence-electron chi connectivity index (χ2n) is 10.7. The molecule has 2 heterocycles. The molecule has 0 aliphatic carbocycles. The lowest BCUT2D eigenvalue weighted by Crippen LogP contribution is -2.45. The summed E-state index contributed by atoms with van der Waals surface area (Å²) in [6.07, 6.45) is 4.93. The van der Waals surface area contributed by atoms with Crippen molar-refractivity contribution in [2.75, 3.05) is 23.0 Å². The third-order valence-corrected chi connectivity index (χ3v) is 7.55. The van der Waals surface area contributed by atoms with E-state index in [0.717, 1.165) is 0 Å². The number of rotatable bonds is 13. The number of pyridine rings is 1. The predicted molar refractivity (Wildman–Crippen MR) is 173 cm³/mol. The van der Waals surface area contributed by atoms with Gasteiger partial charge in [-0.15, -0.1) is 5.10 Å². The first kappa shape index (κ1) is 33.4. The van der Waals surface area contributed by atoms with Crippen LogP contribution in [0.25, 0.3) is 17.8 Å². The van der Waals surface area contributed by atoms with Crippen LogP contribution in [0.15, 0.2) is 88.8 Å². The molecule has 0 unspecified atom stereocenters. The molecule has 0 spiro atoms. The monoisotopic (exact) mass is 654 g/mol. The average molecular weight is 655 g/mol. The molecule has 1 aliphatic rings. The Balaban J connectivity index is 1.56. The van der Waals surface area contributed by atoms with Crippen molar-refractivity contribution in [1.82, 2.24) is 4.57 Å². The minimum Gasteiger partial charge on any atom is -0.480 e. The number of carbonyl (C=O) groups excluding carboxylic acids is 1. The second-order valence-corrected chi connectivity index (χ2v) is 10.7.